The van der Waals surface area contributed by atoms with E-state index in [0.29, 0.717) is 17.8 Å². The molecule has 1 aliphatic carbocycles. The highest BCUT2D eigenvalue weighted by atomic mass is 32.2. The molecule has 3 heterocycles. The van der Waals surface area contributed by atoms with Gasteiger partial charge in [-0.3, -0.25) is 4.98 Å². The third kappa shape index (κ3) is 4.19. The minimum atomic E-state index is -3.24. The highest BCUT2D eigenvalue weighted by Gasteiger charge is 2.56. The van der Waals surface area contributed by atoms with Crippen molar-refractivity contribution < 1.29 is 13.2 Å². The maximum atomic E-state index is 11.6. The molecule has 3 atom stereocenters. The van der Waals surface area contributed by atoms with Crippen LogP contribution in [-0.2, 0) is 16.3 Å². The molecular weight excluding hydrogens is 424 g/mol. The summed E-state index contributed by atoms with van der Waals surface area (Å²) in [6.45, 7) is 4.83. The van der Waals surface area contributed by atoms with Gasteiger partial charge in [0.2, 0.25) is 5.95 Å². The molecule has 1 saturated heterocycles. The van der Waals surface area contributed by atoms with E-state index in [0.717, 1.165) is 54.6 Å². The average Bonchev–Trinajstić information content (AvgIpc) is 3.26. The predicted molar refractivity (Wildman–Crippen MR) is 122 cm³/mol. The second-order valence-electron chi connectivity index (χ2n) is 8.63. The van der Waals surface area contributed by atoms with Gasteiger partial charge in [-0.05, 0) is 60.2 Å². The van der Waals surface area contributed by atoms with E-state index in [1.165, 1.54) is 12.5 Å². The lowest BCUT2D eigenvalue weighted by Crippen LogP contribution is -2.27. The Bertz CT molecular complexity index is 1180. The van der Waals surface area contributed by atoms with Crippen molar-refractivity contribution in [2.24, 2.45) is 17.8 Å². The first kappa shape index (κ1) is 20.9. The smallest absolute Gasteiger partial charge is 0.225 e. The van der Waals surface area contributed by atoms with Crippen LogP contribution in [0.15, 0.2) is 59.9 Å². The van der Waals surface area contributed by atoms with Gasteiger partial charge < -0.3 is 9.64 Å². The van der Waals surface area contributed by atoms with Crippen LogP contribution in [0.25, 0.3) is 11.3 Å². The summed E-state index contributed by atoms with van der Waals surface area (Å²) in [4.78, 5) is 15.8. The molecule has 1 unspecified atom stereocenters. The van der Waals surface area contributed by atoms with Crippen molar-refractivity contribution in [1.29, 1.82) is 0 Å². The summed E-state index contributed by atoms with van der Waals surface area (Å²) in [6.07, 6.45) is 7.38. The molecule has 8 heteroatoms. The van der Waals surface area contributed by atoms with Gasteiger partial charge in [-0.2, -0.15) is 0 Å². The van der Waals surface area contributed by atoms with Crippen LogP contribution in [0.1, 0.15) is 12.5 Å². The maximum absolute atomic E-state index is 11.6. The number of aryl methyl sites for hydroxylation is 1. The second-order valence-corrected chi connectivity index (χ2v) is 10.6. The number of pyridine rings is 1. The SMILES string of the molecule is CCc1cnc(N2C[C@@H]3C(COc4ccc(-c5ccc(S(C)(=O)=O)cn5)cc4)[C@@H]3C2)nc1. The Balaban J connectivity index is 1.13. The molecule has 3 aromatic rings. The molecule has 5 rings (SSSR count). The Kier molecular flexibility index (Phi) is 5.33. The third-order valence-electron chi connectivity index (χ3n) is 6.51. The molecule has 0 bridgehead atoms. The summed E-state index contributed by atoms with van der Waals surface area (Å²) < 4.78 is 29.2. The van der Waals surface area contributed by atoms with Gasteiger partial charge in [0, 0.05) is 49.4 Å². The van der Waals surface area contributed by atoms with E-state index < -0.39 is 9.84 Å². The van der Waals surface area contributed by atoms with E-state index >= 15 is 0 Å². The fourth-order valence-electron chi connectivity index (χ4n) is 4.44. The van der Waals surface area contributed by atoms with Crippen LogP contribution >= 0.6 is 0 Å². The van der Waals surface area contributed by atoms with Crippen molar-refractivity contribution in [3.05, 3.63) is 60.6 Å². The lowest BCUT2D eigenvalue weighted by atomic mass is 10.1. The zero-order valence-corrected chi connectivity index (χ0v) is 19.0. The van der Waals surface area contributed by atoms with Crippen LogP contribution in [0.3, 0.4) is 0 Å². The molecule has 0 amide bonds. The van der Waals surface area contributed by atoms with E-state index in [2.05, 4.69) is 26.8 Å². The van der Waals surface area contributed by atoms with Gasteiger partial charge in [0.15, 0.2) is 9.84 Å². The Morgan fingerprint density at radius 1 is 0.969 bits per heavy atom. The van der Waals surface area contributed by atoms with Gasteiger partial charge in [-0.1, -0.05) is 6.92 Å². The van der Waals surface area contributed by atoms with Crippen LogP contribution in [0, 0.1) is 17.8 Å². The van der Waals surface area contributed by atoms with E-state index in [1.54, 1.807) is 12.1 Å². The van der Waals surface area contributed by atoms with Gasteiger partial charge in [0.25, 0.3) is 0 Å². The predicted octanol–water partition coefficient (Wildman–Crippen LogP) is 3.27. The van der Waals surface area contributed by atoms with E-state index in [9.17, 15) is 8.42 Å². The number of benzene rings is 1. The molecule has 0 radical (unpaired) electrons. The first-order chi connectivity index (χ1) is 15.4. The molecule has 166 valence electrons. The summed E-state index contributed by atoms with van der Waals surface area (Å²) in [5, 5.41) is 0. The molecule has 0 N–H and O–H groups in total. The summed E-state index contributed by atoms with van der Waals surface area (Å²) in [5.41, 5.74) is 2.82. The normalized spacial score (nSPS) is 21.9. The van der Waals surface area contributed by atoms with E-state index in [4.69, 9.17) is 4.74 Å². The number of rotatable bonds is 7. The molecule has 1 aromatic carbocycles. The largest absolute Gasteiger partial charge is 0.493 e. The number of anilines is 1. The standard InChI is InChI=1S/C24H26N4O3S/c1-3-16-10-26-24(27-11-16)28-13-20-21(14-28)22(20)15-31-18-6-4-17(5-7-18)23-9-8-19(12-25-23)32(2,29)30/h4-12,20-22H,3,13-15H2,1-2H3/t20-,21+,22?. The first-order valence-electron chi connectivity index (χ1n) is 10.9. The number of piperidine rings is 1. The monoisotopic (exact) mass is 450 g/mol. The molecule has 1 aliphatic heterocycles. The van der Waals surface area contributed by atoms with Crippen molar-refractivity contribution in [3.8, 4) is 17.0 Å². The molecule has 2 fully saturated rings. The van der Waals surface area contributed by atoms with Crippen LogP contribution < -0.4 is 9.64 Å². The van der Waals surface area contributed by atoms with Crippen molar-refractivity contribution in [2.45, 2.75) is 18.2 Å². The highest BCUT2D eigenvalue weighted by Crippen LogP contribution is 2.52. The minimum absolute atomic E-state index is 0.222. The number of nitrogens with zero attached hydrogens (tertiary/aromatic N) is 4. The Hall–Kier alpha value is -3.00. The average molecular weight is 451 g/mol. The van der Waals surface area contributed by atoms with Crippen molar-refractivity contribution in [2.75, 3.05) is 30.9 Å². The molecule has 2 aromatic heterocycles. The summed E-state index contributed by atoms with van der Waals surface area (Å²) in [5.74, 6) is 3.57. The number of aromatic nitrogens is 3. The number of hydrogen-bond donors (Lipinski definition) is 0. The van der Waals surface area contributed by atoms with Crippen LogP contribution in [-0.4, -0.2) is 49.3 Å². The Labute approximate surface area is 188 Å². The number of ether oxygens (including phenoxy) is 1. The lowest BCUT2D eigenvalue weighted by Gasteiger charge is -2.19. The third-order valence-corrected chi connectivity index (χ3v) is 7.61. The highest BCUT2D eigenvalue weighted by molar-refractivity contribution is 7.90. The van der Waals surface area contributed by atoms with Gasteiger partial charge in [0.1, 0.15) is 5.75 Å². The Morgan fingerprint density at radius 2 is 1.66 bits per heavy atom. The summed E-state index contributed by atoms with van der Waals surface area (Å²) >= 11 is 0. The number of fused-ring (bicyclic) bond motifs is 1. The van der Waals surface area contributed by atoms with Crippen LogP contribution in [0.5, 0.6) is 5.75 Å². The van der Waals surface area contributed by atoms with Gasteiger partial charge in [0.05, 0.1) is 17.2 Å². The fraction of sp³-hybridized carbons (Fsp3) is 0.375. The van der Waals surface area contributed by atoms with Crippen molar-refractivity contribution in [1.82, 2.24) is 15.0 Å². The van der Waals surface area contributed by atoms with Gasteiger partial charge >= 0.3 is 0 Å². The van der Waals surface area contributed by atoms with Crippen LogP contribution in [0.4, 0.5) is 5.95 Å². The summed E-state index contributed by atoms with van der Waals surface area (Å²) in [7, 11) is -3.24. The summed E-state index contributed by atoms with van der Waals surface area (Å²) in [6, 6.07) is 11.1. The zero-order chi connectivity index (χ0) is 22.3. The van der Waals surface area contributed by atoms with E-state index in [-0.39, 0.29) is 4.90 Å². The molecule has 7 nitrogen and oxygen atoms in total. The first-order valence-corrected chi connectivity index (χ1v) is 12.8. The molecule has 0 spiro atoms. The van der Waals surface area contributed by atoms with Crippen molar-refractivity contribution >= 4 is 15.8 Å². The second kappa shape index (κ2) is 8.16. The van der Waals surface area contributed by atoms with Crippen LogP contribution in [0.2, 0.25) is 0 Å². The molecule has 2 aliphatic rings. The topological polar surface area (TPSA) is 85.3 Å². The maximum Gasteiger partial charge on any atom is 0.225 e. The number of hydrogen-bond acceptors (Lipinski definition) is 7. The van der Waals surface area contributed by atoms with Crippen molar-refractivity contribution in [3.63, 3.8) is 0 Å². The molecule has 32 heavy (non-hydrogen) atoms. The fourth-order valence-corrected chi connectivity index (χ4v) is 5.00. The molecule has 1 saturated carbocycles. The quantitative estimate of drug-likeness (QED) is 0.546. The van der Waals surface area contributed by atoms with Gasteiger partial charge in [-0.15, -0.1) is 0 Å². The minimum Gasteiger partial charge on any atom is -0.493 e. The number of sulfone groups is 1. The molecular formula is C24H26N4O3S. The van der Waals surface area contributed by atoms with E-state index in [1.807, 2.05) is 36.7 Å². The Morgan fingerprint density at radius 3 is 2.22 bits per heavy atom. The van der Waals surface area contributed by atoms with Gasteiger partial charge in [-0.25, -0.2) is 18.4 Å². The lowest BCUT2D eigenvalue weighted by molar-refractivity contribution is 0.283. The zero-order valence-electron chi connectivity index (χ0n) is 18.2.